The molecule has 0 spiro atoms. The SMILES string of the molecule is CCCCCCCCCCCC[n+]1cc(Br)n(S(=O)(=O)N(C)C)c1.[Cl-]. The minimum absolute atomic E-state index is 0. The lowest BCUT2D eigenvalue weighted by Gasteiger charge is -2.06. The van der Waals surface area contributed by atoms with Gasteiger partial charge in [-0.25, -0.2) is 4.57 Å². The Morgan fingerprint density at radius 3 is 1.96 bits per heavy atom. The van der Waals surface area contributed by atoms with E-state index in [-0.39, 0.29) is 12.4 Å². The second-order valence-electron chi connectivity index (χ2n) is 6.57. The monoisotopic (exact) mass is 457 g/mol. The van der Waals surface area contributed by atoms with E-state index >= 15 is 0 Å². The van der Waals surface area contributed by atoms with Crippen molar-refractivity contribution in [2.75, 3.05) is 14.1 Å². The van der Waals surface area contributed by atoms with E-state index in [9.17, 15) is 8.42 Å². The van der Waals surface area contributed by atoms with Crippen molar-refractivity contribution in [3.05, 3.63) is 17.1 Å². The van der Waals surface area contributed by atoms with Crippen LogP contribution in [0.4, 0.5) is 0 Å². The second kappa shape index (κ2) is 13.1. The van der Waals surface area contributed by atoms with Gasteiger partial charge in [-0.05, 0) is 12.8 Å². The van der Waals surface area contributed by atoms with Crippen LogP contribution < -0.4 is 17.0 Å². The van der Waals surface area contributed by atoms with E-state index in [1.165, 1.54) is 80.2 Å². The van der Waals surface area contributed by atoms with Crippen LogP contribution in [-0.2, 0) is 16.8 Å². The van der Waals surface area contributed by atoms with Crippen molar-refractivity contribution in [2.24, 2.45) is 0 Å². The van der Waals surface area contributed by atoms with Crippen LogP contribution in [0, 0.1) is 0 Å². The van der Waals surface area contributed by atoms with Crippen LogP contribution in [0.1, 0.15) is 71.1 Å². The van der Waals surface area contributed by atoms with Gasteiger partial charge in [0.05, 0.1) is 6.54 Å². The van der Waals surface area contributed by atoms with Gasteiger partial charge >= 0.3 is 10.2 Å². The zero-order chi connectivity index (χ0) is 18.0. The average molecular weight is 459 g/mol. The molecule has 1 aromatic heterocycles. The van der Waals surface area contributed by atoms with Gasteiger partial charge in [0.15, 0.2) is 0 Å². The molecule has 1 aromatic rings. The number of rotatable bonds is 13. The summed E-state index contributed by atoms with van der Waals surface area (Å²) in [6, 6.07) is 0. The first kappa shape index (κ1) is 24.9. The Balaban J connectivity index is 0.00000576. The molecular weight excluding hydrogens is 426 g/mol. The summed E-state index contributed by atoms with van der Waals surface area (Å²) in [5.74, 6) is 0. The fourth-order valence-corrected chi connectivity index (χ4v) is 4.43. The molecule has 0 radical (unpaired) electrons. The lowest BCUT2D eigenvalue weighted by atomic mass is 10.1. The summed E-state index contributed by atoms with van der Waals surface area (Å²) in [6.07, 6.45) is 16.5. The minimum atomic E-state index is -3.46. The molecule has 1 rings (SSSR count). The smallest absolute Gasteiger partial charge is 0.380 e. The van der Waals surface area contributed by atoms with Crippen molar-refractivity contribution in [2.45, 2.75) is 77.7 Å². The zero-order valence-corrected chi connectivity index (χ0v) is 18.9. The van der Waals surface area contributed by atoms with E-state index in [1.807, 2.05) is 10.8 Å². The Bertz CT molecular complexity index is 576. The van der Waals surface area contributed by atoms with Gasteiger partial charge in [-0.15, -0.1) is 0 Å². The summed E-state index contributed by atoms with van der Waals surface area (Å²) < 4.78 is 29.3. The first-order valence-corrected chi connectivity index (χ1v) is 11.3. The van der Waals surface area contributed by atoms with Crippen molar-refractivity contribution in [3.8, 4) is 0 Å². The third kappa shape index (κ3) is 8.89. The fourth-order valence-electron chi connectivity index (χ4n) is 2.67. The third-order valence-electron chi connectivity index (χ3n) is 4.22. The normalized spacial score (nSPS) is 11.7. The van der Waals surface area contributed by atoms with Crippen molar-refractivity contribution < 1.29 is 25.4 Å². The minimum Gasteiger partial charge on any atom is -1.00 e. The maximum atomic E-state index is 12.2. The van der Waals surface area contributed by atoms with Crippen molar-refractivity contribution >= 4 is 26.1 Å². The van der Waals surface area contributed by atoms with Gasteiger partial charge < -0.3 is 12.4 Å². The molecule has 1 heterocycles. The molecule has 148 valence electrons. The van der Waals surface area contributed by atoms with E-state index in [2.05, 4.69) is 22.9 Å². The molecule has 0 N–H and O–H groups in total. The predicted octanol–water partition coefficient (Wildman–Crippen LogP) is 1.12. The summed E-state index contributed by atoms with van der Waals surface area (Å²) >= 11 is 3.33. The quantitative estimate of drug-likeness (QED) is 0.328. The first-order chi connectivity index (χ1) is 11.4. The highest BCUT2D eigenvalue weighted by atomic mass is 79.9. The third-order valence-corrected chi connectivity index (χ3v) is 6.75. The molecule has 0 aliphatic carbocycles. The molecule has 0 unspecified atom stereocenters. The molecule has 0 saturated carbocycles. The molecule has 0 fully saturated rings. The maximum Gasteiger partial charge on any atom is 0.380 e. The second-order valence-corrected chi connectivity index (χ2v) is 9.40. The summed E-state index contributed by atoms with van der Waals surface area (Å²) in [5, 5.41) is 0. The Morgan fingerprint density at radius 2 is 1.48 bits per heavy atom. The highest BCUT2D eigenvalue weighted by Gasteiger charge is 2.26. The molecule has 5 nitrogen and oxygen atoms in total. The Labute approximate surface area is 168 Å². The van der Waals surface area contributed by atoms with Gasteiger partial charge in [0.1, 0.15) is 6.20 Å². The average Bonchev–Trinajstić information content (AvgIpc) is 2.90. The topological polar surface area (TPSA) is 46.2 Å². The van der Waals surface area contributed by atoms with Gasteiger partial charge in [-0.3, -0.25) is 0 Å². The summed E-state index contributed by atoms with van der Waals surface area (Å²) in [7, 11) is -0.385. The van der Waals surface area contributed by atoms with E-state index in [1.54, 1.807) is 6.33 Å². The van der Waals surface area contributed by atoms with Gasteiger partial charge in [-0.2, -0.15) is 12.7 Å². The molecule has 0 bridgehead atoms. The number of hydrogen-bond donors (Lipinski definition) is 0. The maximum absolute atomic E-state index is 12.2. The van der Waals surface area contributed by atoms with Crippen molar-refractivity contribution in [3.63, 3.8) is 0 Å². The highest BCUT2D eigenvalue weighted by Crippen LogP contribution is 2.13. The predicted molar refractivity (Wildman–Crippen MR) is 102 cm³/mol. The van der Waals surface area contributed by atoms with E-state index < -0.39 is 10.2 Å². The Hall–Kier alpha value is -0.110. The van der Waals surface area contributed by atoms with Crippen LogP contribution in [0.5, 0.6) is 0 Å². The highest BCUT2D eigenvalue weighted by molar-refractivity contribution is 9.10. The molecule has 0 aliphatic rings. The Morgan fingerprint density at radius 1 is 1.00 bits per heavy atom. The number of nitrogens with zero attached hydrogens (tertiary/aromatic N) is 3. The van der Waals surface area contributed by atoms with Crippen molar-refractivity contribution in [1.82, 2.24) is 8.28 Å². The number of halogens is 2. The van der Waals surface area contributed by atoms with E-state index in [4.69, 9.17) is 0 Å². The van der Waals surface area contributed by atoms with Gasteiger partial charge in [-0.1, -0.05) is 62.3 Å². The first-order valence-electron chi connectivity index (χ1n) is 9.09. The van der Waals surface area contributed by atoms with Crippen molar-refractivity contribution in [1.29, 1.82) is 0 Å². The number of imidazole rings is 1. The van der Waals surface area contributed by atoms with Crippen LogP contribution in [0.2, 0.25) is 0 Å². The Kier molecular flexibility index (Phi) is 13.1. The van der Waals surface area contributed by atoms with E-state index in [0.29, 0.717) is 4.60 Å². The largest absolute Gasteiger partial charge is 1.00 e. The molecule has 0 amide bonds. The van der Waals surface area contributed by atoms with Crippen LogP contribution in [0.15, 0.2) is 17.1 Å². The molecule has 0 saturated heterocycles. The van der Waals surface area contributed by atoms with Crippen LogP contribution >= 0.6 is 15.9 Å². The molecule has 0 atom stereocenters. The van der Waals surface area contributed by atoms with Crippen LogP contribution in [0.3, 0.4) is 0 Å². The number of aromatic nitrogens is 2. The summed E-state index contributed by atoms with van der Waals surface area (Å²) in [6.45, 7) is 3.10. The molecule has 8 heteroatoms. The zero-order valence-electron chi connectivity index (χ0n) is 15.8. The number of hydrogen-bond acceptors (Lipinski definition) is 2. The molecule has 0 aliphatic heterocycles. The van der Waals surface area contributed by atoms with Gasteiger partial charge in [0, 0.05) is 30.0 Å². The lowest BCUT2D eigenvalue weighted by Crippen LogP contribution is -3.00. The standard InChI is InChI=1S/C17H33BrN3O2S.ClH/c1-4-5-6-7-8-9-10-11-12-13-14-20-15-17(18)21(16-20)24(22,23)19(2)3;/h15-16H,4-14H2,1-3H3;1H/q+1;/p-1. The van der Waals surface area contributed by atoms with E-state index in [0.717, 1.165) is 13.0 Å². The molecular formula is C17H33BrClN3O2S. The lowest BCUT2D eigenvalue weighted by molar-refractivity contribution is -0.696. The molecule has 0 aromatic carbocycles. The number of aryl methyl sites for hydroxylation is 1. The van der Waals surface area contributed by atoms with Crippen LogP contribution in [0.25, 0.3) is 0 Å². The number of unbranched alkanes of at least 4 members (excludes halogenated alkanes) is 9. The fraction of sp³-hybridized carbons (Fsp3) is 0.824. The van der Waals surface area contributed by atoms with Gasteiger partial charge in [0.2, 0.25) is 4.60 Å². The van der Waals surface area contributed by atoms with Crippen LogP contribution in [-0.4, -0.2) is 30.8 Å². The summed E-state index contributed by atoms with van der Waals surface area (Å²) in [5.41, 5.74) is 0. The molecule has 25 heavy (non-hydrogen) atoms. The summed E-state index contributed by atoms with van der Waals surface area (Å²) in [4.78, 5) is 0. The van der Waals surface area contributed by atoms with Gasteiger partial charge in [0.25, 0.3) is 6.33 Å².